The van der Waals surface area contributed by atoms with Gasteiger partial charge < -0.3 is 0 Å². The van der Waals surface area contributed by atoms with Gasteiger partial charge in [0, 0.05) is 12.1 Å². The SMILES string of the molecule is Cn1c(=O)n(-c2ccccc2Cl)c2cc(Cl)ccc21. The highest BCUT2D eigenvalue weighted by atomic mass is 35.5. The molecule has 0 aliphatic rings. The summed E-state index contributed by atoms with van der Waals surface area (Å²) in [4.78, 5) is 12.4. The zero-order valence-electron chi connectivity index (χ0n) is 10.1. The lowest BCUT2D eigenvalue weighted by Crippen LogP contribution is -2.21. The minimum Gasteiger partial charge on any atom is -0.295 e. The third-order valence-corrected chi connectivity index (χ3v) is 3.67. The van der Waals surface area contributed by atoms with Crippen molar-refractivity contribution in [1.29, 1.82) is 0 Å². The maximum atomic E-state index is 12.4. The predicted octanol–water partition coefficient (Wildman–Crippen LogP) is 3.64. The maximum absolute atomic E-state index is 12.4. The summed E-state index contributed by atoms with van der Waals surface area (Å²) in [5.74, 6) is 0. The van der Waals surface area contributed by atoms with Gasteiger partial charge in [-0.2, -0.15) is 0 Å². The van der Waals surface area contributed by atoms with Crippen LogP contribution in [0.2, 0.25) is 10.0 Å². The van der Waals surface area contributed by atoms with E-state index in [1.807, 2.05) is 24.3 Å². The highest BCUT2D eigenvalue weighted by molar-refractivity contribution is 6.32. The van der Waals surface area contributed by atoms with Crippen molar-refractivity contribution in [3.05, 3.63) is 63.0 Å². The van der Waals surface area contributed by atoms with E-state index in [2.05, 4.69) is 0 Å². The lowest BCUT2D eigenvalue weighted by atomic mass is 10.3. The van der Waals surface area contributed by atoms with Crippen molar-refractivity contribution in [2.45, 2.75) is 0 Å². The molecule has 0 fully saturated rings. The van der Waals surface area contributed by atoms with Gasteiger partial charge in [0.25, 0.3) is 0 Å². The molecule has 3 nitrogen and oxygen atoms in total. The number of imidazole rings is 1. The Labute approximate surface area is 119 Å². The number of halogens is 2. The van der Waals surface area contributed by atoms with Gasteiger partial charge in [-0.25, -0.2) is 4.79 Å². The van der Waals surface area contributed by atoms with E-state index in [0.717, 1.165) is 11.0 Å². The van der Waals surface area contributed by atoms with Crippen LogP contribution < -0.4 is 5.69 Å². The molecule has 3 rings (SSSR count). The largest absolute Gasteiger partial charge is 0.333 e. The number of aryl methyl sites for hydroxylation is 1. The molecule has 0 aliphatic carbocycles. The van der Waals surface area contributed by atoms with Crippen LogP contribution >= 0.6 is 23.2 Å². The Balaban J connectivity index is 2.48. The molecule has 0 radical (unpaired) electrons. The van der Waals surface area contributed by atoms with Crippen LogP contribution in [0.25, 0.3) is 16.7 Å². The molecule has 3 aromatic rings. The molecule has 0 saturated heterocycles. The second-order valence-corrected chi connectivity index (χ2v) is 5.11. The van der Waals surface area contributed by atoms with Crippen molar-refractivity contribution < 1.29 is 0 Å². The standard InChI is InChI=1S/C14H10Cl2N2O/c1-17-12-7-6-9(15)8-13(12)18(14(17)19)11-5-3-2-4-10(11)16/h2-8H,1H3. The average molecular weight is 293 g/mol. The van der Waals surface area contributed by atoms with E-state index in [9.17, 15) is 4.79 Å². The molecular weight excluding hydrogens is 283 g/mol. The minimum atomic E-state index is -0.148. The van der Waals surface area contributed by atoms with Crippen LogP contribution in [0.15, 0.2) is 47.3 Å². The summed E-state index contributed by atoms with van der Waals surface area (Å²) in [5.41, 5.74) is 2.06. The topological polar surface area (TPSA) is 26.9 Å². The Morgan fingerprint density at radius 3 is 2.47 bits per heavy atom. The molecule has 0 spiro atoms. The van der Waals surface area contributed by atoms with Gasteiger partial charge in [-0.1, -0.05) is 35.3 Å². The first kappa shape index (κ1) is 12.3. The molecule has 1 heterocycles. The Morgan fingerprint density at radius 1 is 1.00 bits per heavy atom. The zero-order chi connectivity index (χ0) is 13.6. The summed E-state index contributed by atoms with van der Waals surface area (Å²) in [6.45, 7) is 0. The van der Waals surface area contributed by atoms with Crippen molar-refractivity contribution >= 4 is 34.2 Å². The second-order valence-electron chi connectivity index (χ2n) is 4.26. The average Bonchev–Trinajstić information content (AvgIpc) is 2.63. The van der Waals surface area contributed by atoms with E-state index in [-0.39, 0.29) is 5.69 Å². The van der Waals surface area contributed by atoms with Crippen LogP contribution in [0.5, 0.6) is 0 Å². The molecule has 0 bridgehead atoms. The minimum absolute atomic E-state index is 0.148. The number of para-hydroxylation sites is 1. The van der Waals surface area contributed by atoms with Crippen molar-refractivity contribution in [2.24, 2.45) is 7.05 Å². The van der Waals surface area contributed by atoms with E-state index in [1.54, 1.807) is 34.4 Å². The third kappa shape index (κ3) is 1.86. The van der Waals surface area contributed by atoms with Gasteiger partial charge in [-0.05, 0) is 30.3 Å². The Kier molecular flexibility index (Phi) is 2.88. The zero-order valence-corrected chi connectivity index (χ0v) is 11.6. The van der Waals surface area contributed by atoms with Gasteiger partial charge in [-0.15, -0.1) is 0 Å². The van der Waals surface area contributed by atoms with E-state index in [1.165, 1.54) is 0 Å². The van der Waals surface area contributed by atoms with Crippen molar-refractivity contribution in [3.8, 4) is 5.69 Å². The summed E-state index contributed by atoms with van der Waals surface area (Å²) >= 11 is 12.2. The fourth-order valence-electron chi connectivity index (χ4n) is 2.18. The molecule has 0 unspecified atom stereocenters. The van der Waals surface area contributed by atoms with Gasteiger partial charge in [0.15, 0.2) is 0 Å². The first-order valence-corrected chi connectivity index (χ1v) is 6.47. The number of hydrogen-bond donors (Lipinski definition) is 0. The number of rotatable bonds is 1. The molecular formula is C14H10Cl2N2O. The summed E-state index contributed by atoms with van der Waals surface area (Å²) in [6.07, 6.45) is 0. The van der Waals surface area contributed by atoms with Gasteiger partial charge in [0.2, 0.25) is 0 Å². The molecule has 0 atom stereocenters. The summed E-state index contributed by atoms with van der Waals surface area (Å²) < 4.78 is 3.15. The maximum Gasteiger partial charge on any atom is 0.333 e. The Morgan fingerprint density at radius 2 is 1.74 bits per heavy atom. The van der Waals surface area contributed by atoms with Crippen LogP contribution in [0, 0.1) is 0 Å². The Bertz CT molecular complexity index is 833. The van der Waals surface area contributed by atoms with Gasteiger partial charge >= 0.3 is 5.69 Å². The fraction of sp³-hybridized carbons (Fsp3) is 0.0714. The van der Waals surface area contributed by atoms with Crippen molar-refractivity contribution in [3.63, 3.8) is 0 Å². The van der Waals surface area contributed by atoms with Crippen LogP contribution in [-0.4, -0.2) is 9.13 Å². The normalized spacial score (nSPS) is 11.1. The van der Waals surface area contributed by atoms with Crippen LogP contribution in [0.4, 0.5) is 0 Å². The molecule has 0 amide bonds. The van der Waals surface area contributed by atoms with E-state index >= 15 is 0 Å². The lowest BCUT2D eigenvalue weighted by molar-refractivity contribution is 0.846. The molecule has 0 aliphatic heterocycles. The first-order valence-electron chi connectivity index (χ1n) is 5.71. The molecule has 1 aromatic heterocycles. The summed E-state index contributed by atoms with van der Waals surface area (Å²) in [6, 6.07) is 12.6. The highest BCUT2D eigenvalue weighted by Crippen LogP contribution is 2.25. The van der Waals surface area contributed by atoms with Crippen molar-refractivity contribution in [2.75, 3.05) is 0 Å². The second kappa shape index (κ2) is 4.44. The number of benzene rings is 2. The summed E-state index contributed by atoms with van der Waals surface area (Å²) in [5, 5.41) is 1.11. The first-order chi connectivity index (χ1) is 9.09. The van der Waals surface area contributed by atoms with E-state index in [4.69, 9.17) is 23.2 Å². The molecule has 19 heavy (non-hydrogen) atoms. The lowest BCUT2D eigenvalue weighted by Gasteiger charge is -2.05. The van der Waals surface area contributed by atoms with Gasteiger partial charge in [0.1, 0.15) is 0 Å². The molecule has 5 heteroatoms. The van der Waals surface area contributed by atoms with Gasteiger partial charge in [0.05, 0.1) is 21.7 Å². The molecule has 2 aromatic carbocycles. The van der Waals surface area contributed by atoms with Crippen LogP contribution in [0.3, 0.4) is 0 Å². The number of hydrogen-bond acceptors (Lipinski definition) is 1. The fourth-order valence-corrected chi connectivity index (χ4v) is 2.57. The highest BCUT2D eigenvalue weighted by Gasteiger charge is 2.14. The number of fused-ring (bicyclic) bond motifs is 1. The predicted molar refractivity (Wildman–Crippen MR) is 78.5 cm³/mol. The molecule has 0 saturated carbocycles. The quantitative estimate of drug-likeness (QED) is 0.673. The van der Waals surface area contributed by atoms with E-state index in [0.29, 0.717) is 15.7 Å². The van der Waals surface area contributed by atoms with Crippen LogP contribution in [-0.2, 0) is 7.05 Å². The number of aromatic nitrogens is 2. The molecule has 0 N–H and O–H groups in total. The Hall–Kier alpha value is -1.71. The smallest absolute Gasteiger partial charge is 0.295 e. The molecule has 96 valence electrons. The summed E-state index contributed by atoms with van der Waals surface area (Å²) in [7, 11) is 1.73. The number of nitrogens with zero attached hydrogens (tertiary/aromatic N) is 2. The van der Waals surface area contributed by atoms with Crippen LogP contribution in [0.1, 0.15) is 0 Å². The third-order valence-electron chi connectivity index (χ3n) is 3.11. The monoisotopic (exact) mass is 292 g/mol. The van der Waals surface area contributed by atoms with Crippen molar-refractivity contribution in [1.82, 2.24) is 9.13 Å². The van der Waals surface area contributed by atoms with E-state index < -0.39 is 0 Å². The van der Waals surface area contributed by atoms with Gasteiger partial charge in [-0.3, -0.25) is 9.13 Å².